The van der Waals surface area contributed by atoms with Gasteiger partial charge in [-0.2, -0.15) is 0 Å². The number of carbonyl (C=O) groups is 1. The number of hydrogen-bond donors (Lipinski definition) is 2. The first kappa shape index (κ1) is 12.8. The average molecular weight is 240 g/mol. The van der Waals surface area contributed by atoms with Gasteiger partial charge in [0.1, 0.15) is 0 Å². The molecule has 2 fully saturated rings. The van der Waals surface area contributed by atoms with Crippen LogP contribution in [0.4, 0.5) is 0 Å². The number of carbonyl (C=O) groups excluding carboxylic acids is 1. The predicted molar refractivity (Wildman–Crippen MR) is 66.8 cm³/mol. The van der Waals surface area contributed by atoms with Gasteiger partial charge in [0, 0.05) is 25.8 Å². The van der Waals surface area contributed by atoms with Crippen molar-refractivity contribution in [2.75, 3.05) is 26.3 Å². The molecule has 98 valence electrons. The van der Waals surface area contributed by atoms with Gasteiger partial charge in [0.2, 0.25) is 5.91 Å². The highest BCUT2D eigenvalue weighted by molar-refractivity contribution is 5.78. The summed E-state index contributed by atoms with van der Waals surface area (Å²) in [5.41, 5.74) is 0.443. The third-order valence-corrected chi connectivity index (χ3v) is 3.98. The van der Waals surface area contributed by atoms with E-state index >= 15 is 0 Å². The molecule has 17 heavy (non-hydrogen) atoms. The Balaban J connectivity index is 1.57. The third kappa shape index (κ3) is 3.96. The molecule has 1 saturated carbocycles. The van der Waals surface area contributed by atoms with Crippen LogP contribution in [0.1, 0.15) is 39.0 Å². The zero-order valence-electron chi connectivity index (χ0n) is 10.8. The van der Waals surface area contributed by atoms with Gasteiger partial charge in [-0.25, -0.2) is 0 Å². The maximum absolute atomic E-state index is 11.7. The minimum Gasteiger partial charge on any atom is -0.381 e. The first-order valence-electron chi connectivity index (χ1n) is 6.76. The molecule has 0 spiro atoms. The summed E-state index contributed by atoms with van der Waals surface area (Å²) >= 11 is 0. The minimum absolute atomic E-state index is 0.125. The molecule has 0 bridgehead atoms. The van der Waals surface area contributed by atoms with Gasteiger partial charge in [-0.05, 0) is 31.1 Å². The van der Waals surface area contributed by atoms with Crippen LogP contribution >= 0.6 is 0 Å². The van der Waals surface area contributed by atoms with Crippen molar-refractivity contribution < 1.29 is 9.53 Å². The topological polar surface area (TPSA) is 50.4 Å². The first-order chi connectivity index (χ1) is 8.18. The molecule has 0 aromatic rings. The second-order valence-electron chi connectivity index (χ2n) is 5.72. The third-order valence-electron chi connectivity index (χ3n) is 3.98. The number of hydrogen-bond acceptors (Lipinski definition) is 3. The van der Waals surface area contributed by atoms with Gasteiger partial charge < -0.3 is 15.4 Å². The van der Waals surface area contributed by atoms with Gasteiger partial charge in [-0.1, -0.05) is 13.3 Å². The van der Waals surface area contributed by atoms with Crippen molar-refractivity contribution in [2.45, 2.75) is 45.1 Å². The van der Waals surface area contributed by atoms with Crippen molar-refractivity contribution in [3.63, 3.8) is 0 Å². The first-order valence-corrected chi connectivity index (χ1v) is 6.76. The van der Waals surface area contributed by atoms with E-state index in [4.69, 9.17) is 4.74 Å². The molecule has 2 N–H and O–H groups in total. The fourth-order valence-electron chi connectivity index (χ4n) is 2.56. The maximum Gasteiger partial charge on any atom is 0.234 e. The van der Waals surface area contributed by atoms with Gasteiger partial charge in [0.05, 0.1) is 6.54 Å². The molecule has 1 heterocycles. The molecule has 0 aromatic heterocycles. The van der Waals surface area contributed by atoms with Crippen molar-refractivity contribution in [3.05, 3.63) is 0 Å². The molecule has 0 unspecified atom stereocenters. The molecule has 0 radical (unpaired) electrons. The Hall–Kier alpha value is -0.610. The Morgan fingerprint density at radius 3 is 2.65 bits per heavy atom. The van der Waals surface area contributed by atoms with Gasteiger partial charge in [0.25, 0.3) is 0 Å². The predicted octanol–water partition coefficient (Wildman–Crippen LogP) is 1.06. The summed E-state index contributed by atoms with van der Waals surface area (Å²) in [5, 5.41) is 6.33. The van der Waals surface area contributed by atoms with Crippen LogP contribution in [0.15, 0.2) is 0 Å². The zero-order chi connectivity index (χ0) is 12.1. The normalized spacial score (nSPS) is 24.1. The van der Waals surface area contributed by atoms with E-state index in [-0.39, 0.29) is 5.91 Å². The summed E-state index contributed by atoms with van der Waals surface area (Å²) in [4.78, 5) is 11.7. The van der Waals surface area contributed by atoms with Crippen LogP contribution in [-0.2, 0) is 9.53 Å². The molecule has 0 aromatic carbocycles. The standard InChI is InChI=1S/C13H24N2O2/c1-13(5-2-6-13)10-14-9-12(16)15-11-3-7-17-8-4-11/h11,14H,2-10H2,1H3,(H,15,16). The zero-order valence-corrected chi connectivity index (χ0v) is 10.8. The molecule has 2 aliphatic rings. The highest BCUT2D eigenvalue weighted by Gasteiger charge is 2.31. The molecular weight excluding hydrogens is 216 g/mol. The lowest BCUT2D eigenvalue weighted by atomic mass is 9.70. The number of rotatable bonds is 5. The van der Waals surface area contributed by atoms with E-state index in [1.807, 2.05) is 0 Å². The number of ether oxygens (including phenoxy) is 1. The monoisotopic (exact) mass is 240 g/mol. The van der Waals surface area contributed by atoms with E-state index in [0.717, 1.165) is 32.6 Å². The fraction of sp³-hybridized carbons (Fsp3) is 0.923. The SMILES string of the molecule is CC1(CNCC(=O)NC2CCOCC2)CCC1. The minimum atomic E-state index is 0.125. The van der Waals surface area contributed by atoms with Crippen molar-refractivity contribution in [2.24, 2.45) is 5.41 Å². The quantitative estimate of drug-likeness (QED) is 0.755. The Labute approximate surface area is 103 Å². The van der Waals surface area contributed by atoms with Gasteiger partial charge in [0.15, 0.2) is 0 Å². The molecule has 1 aliphatic carbocycles. The maximum atomic E-state index is 11.7. The molecule has 0 atom stereocenters. The highest BCUT2D eigenvalue weighted by Crippen LogP contribution is 2.39. The summed E-state index contributed by atoms with van der Waals surface area (Å²) < 4.78 is 5.26. The summed E-state index contributed by atoms with van der Waals surface area (Å²) in [5.74, 6) is 0.125. The molecule has 4 heteroatoms. The summed E-state index contributed by atoms with van der Waals surface area (Å²) in [6.07, 6.45) is 5.82. The second-order valence-corrected chi connectivity index (χ2v) is 5.72. The summed E-state index contributed by atoms with van der Waals surface area (Å²) in [7, 11) is 0. The lowest BCUT2D eigenvalue weighted by molar-refractivity contribution is -0.121. The molecule has 1 amide bonds. The van der Waals surface area contributed by atoms with Gasteiger partial charge >= 0.3 is 0 Å². The Morgan fingerprint density at radius 1 is 1.35 bits per heavy atom. The molecule has 4 nitrogen and oxygen atoms in total. The van der Waals surface area contributed by atoms with Crippen LogP contribution in [0.5, 0.6) is 0 Å². The molecular formula is C13H24N2O2. The Kier molecular flexibility index (Phi) is 4.40. The lowest BCUT2D eigenvalue weighted by Gasteiger charge is -2.38. The molecule has 1 saturated heterocycles. The Bertz CT molecular complexity index is 258. The van der Waals surface area contributed by atoms with E-state index in [2.05, 4.69) is 17.6 Å². The van der Waals surface area contributed by atoms with E-state index < -0.39 is 0 Å². The van der Waals surface area contributed by atoms with E-state index in [0.29, 0.717) is 18.0 Å². The van der Waals surface area contributed by atoms with Crippen molar-refractivity contribution in [1.29, 1.82) is 0 Å². The second kappa shape index (κ2) is 5.83. The Morgan fingerprint density at radius 2 is 2.06 bits per heavy atom. The smallest absolute Gasteiger partial charge is 0.234 e. The van der Waals surface area contributed by atoms with Crippen LogP contribution in [0, 0.1) is 5.41 Å². The van der Waals surface area contributed by atoms with Crippen LogP contribution in [0.25, 0.3) is 0 Å². The fourth-order valence-corrected chi connectivity index (χ4v) is 2.56. The van der Waals surface area contributed by atoms with E-state index in [1.54, 1.807) is 0 Å². The lowest BCUT2D eigenvalue weighted by Crippen LogP contribution is -2.45. The number of amides is 1. The van der Waals surface area contributed by atoms with Crippen LogP contribution in [0.3, 0.4) is 0 Å². The summed E-state index contributed by atoms with van der Waals surface area (Å²) in [6, 6.07) is 0.317. The average Bonchev–Trinajstić information content (AvgIpc) is 2.28. The molecule has 2 rings (SSSR count). The molecule has 1 aliphatic heterocycles. The van der Waals surface area contributed by atoms with Crippen molar-refractivity contribution in [1.82, 2.24) is 10.6 Å². The van der Waals surface area contributed by atoms with Crippen LogP contribution in [0.2, 0.25) is 0 Å². The van der Waals surface area contributed by atoms with Crippen LogP contribution < -0.4 is 10.6 Å². The van der Waals surface area contributed by atoms with Crippen molar-refractivity contribution in [3.8, 4) is 0 Å². The largest absolute Gasteiger partial charge is 0.381 e. The van der Waals surface area contributed by atoms with E-state index in [1.165, 1.54) is 19.3 Å². The van der Waals surface area contributed by atoms with Crippen molar-refractivity contribution >= 4 is 5.91 Å². The van der Waals surface area contributed by atoms with Gasteiger partial charge in [-0.15, -0.1) is 0 Å². The van der Waals surface area contributed by atoms with Crippen LogP contribution in [-0.4, -0.2) is 38.3 Å². The van der Waals surface area contributed by atoms with E-state index in [9.17, 15) is 4.79 Å². The number of nitrogens with one attached hydrogen (secondary N) is 2. The van der Waals surface area contributed by atoms with Gasteiger partial charge in [-0.3, -0.25) is 4.79 Å². The summed E-state index contributed by atoms with van der Waals surface area (Å²) in [6.45, 7) is 5.26. The highest BCUT2D eigenvalue weighted by atomic mass is 16.5.